The van der Waals surface area contributed by atoms with Gasteiger partial charge in [-0.25, -0.2) is 4.79 Å². The van der Waals surface area contributed by atoms with E-state index in [9.17, 15) is 9.59 Å². The molecule has 0 radical (unpaired) electrons. The summed E-state index contributed by atoms with van der Waals surface area (Å²) in [7, 11) is 0. The molecule has 0 fully saturated rings. The Morgan fingerprint density at radius 1 is 0.821 bits per heavy atom. The summed E-state index contributed by atoms with van der Waals surface area (Å²) in [4.78, 5) is 28.4. The number of amides is 1. The molecule has 0 bridgehead atoms. The van der Waals surface area contributed by atoms with Crippen molar-refractivity contribution in [2.45, 2.75) is 85.0 Å². The van der Waals surface area contributed by atoms with Gasteiger partial charge in [0, 0.05) is 32.5 Å². The van der Waals surface area contributed by atoms with Crippen molar-refractivity contribution in [2.75, 3.05) is 6.54 Å². The second kappa shape index (κ2) is 13.0. The highest BCUT2D eigenvalue weighted by Crippen LogP contribution is 2.32. The van der Waals surface area contributed by atoms with E-state index in [1.165, 1.54) is 18.4 Å². The molecule has 1 aliphatic heterocycles. The van der Waals surface area contributed by atoms with Crippen molar-refractivity contribution < 1.29 is 19.1 Å². The summed E-state index contributed by atoms with van der Waals surface area (Å²) in [5.74, 6) is -1.16. The molecule has 0 N–H and O–H groups in total. The minimum absolute atomic E-state index is 0.100. The molecule has 1 aliphatic rings. The van der Waals surface area contributed by atoms with E-state index in [0.29, 0.717) is 24.4 Å². The van der Waals surface area contributed by atoms with Crippen molar-refractivity contribution in [1.82, 2.24) is 4.90 Å². The molecule has 1 heterocycles. The molecule has 5 nitrogen and oxygen atoms in total. The second-order valence-electron chi connectivity index (χ2n) is 10.8. The van der Waals surface area contributed by atoms with Crippen LogP contribution in [0.15, 0.2) is 66.7 Å². The Labute approximate surface area is 233 Å². The van der Waals surface area contributed by atoms with Crippen molar-refractivity contribution in [3.63, 3.8) is 0 Å². The molecule has 206 valence electrons. The molecule has 0 saturated heterocycles. The summed E-state index contributed by atoms with van der Waals surface area (Å²) in [5, 5.41) is 0. The van der Waals surface area contributed by atoms with Crippen molar-refractivity contribution >= 4 is 11.9 Å². The fourth-order valence-electron chi connectivity index (χ4n) is 5.02. The fourth-order valence-corrected chi connectivity index (χ4v) is 5.02. The number of cyclic esters (lactones) is 1. The lowest BCUT2D eigenvalue weighted by Gasteiger charge is -2.32. The van der Waals surface area contributed by atoms with Crippen LogP contribution in [-0.4, -0.2) is 29.1 Å². The second-order valence-corrected chi connectivity index (χ2v) is 10.8. The Kier molecular flexibility index (Phi) is 9.45. The van der Waals surface area contributed by atoms with Gasteiger partial charge in [-0.2, -0.15) is 0 Å². The van der Waals surface area contributed by atoms with E-state index in [1.54, 1.807) is 32.0 Å². The third-order valence-electron chi connectivity index (χ3n) is 7.17. The van der Waals surface area contributed by atoms with Crippen LogP contribution < -0.4 is 4.74 Å². The van der Waals surface area contributed by atoms with Crippen LogP contribution in [0.4, 0.5) is 0 Å². The van der Waals surface area contributed by atoms with Gasteiger partial charge in [-0.1, -0.05) is 88.1 Å². The molecule has 1 amide bonds. The zero-order chi connectivity index (χ0) is 27.8. The Morgan fingerprint density at radius 3 is 2.31 bits per heavy atom. The summed E-state index contributed by atoms with van der Waals surface area (Å²) in [6, 6.07) is 22.2. The smallest absolute Gasteiger partial charge is 0.345 e. The maximum Gasteiger partial charge on any atom is 0.345 e. The number of hydrogen-bond donors (Lipinski definition) is 0. The lowest BCUT2D eigenvalue weighted by molar-refractivity contribution is -0.127. The predicted molar refractivity (Wildman–Crippen MR) is 156 cm³/mol. The Bertz CT molecular complexity index is 1280. The van der Waals surface area contributed by atoms with Crippen molar-refractivity contribution in [1.29, 1.82) is 0 Å². The van der Waals surface area contributed by atoms with Crippen molar-refractivity contribution in [3.8, 4) is 16.9 Å². The van der Waals surface area contributed by atoms with E-state index < -0.39 is 11.8 Å². The van der Waals surface area contributed by atoms with E-state index in [4.69, 9.17) is 9.47 Å². The molecular formula is C34H41NO4. The number of nitrogens with zero attached hydrogens (tertiary/aromatic N) is 1. The van der Waals surface area contributed by atoms with Crippen LogP contribution in [0.2, 0.25) is 0 Å². The molecule has 0 atom stereocenters. The van der Waals surface area contributed by atoms with Gasteiger partial charge in [0.15, 0.2) is 0 Å². The number of carbonyl (C=O) groups is 2. The maximum absolute atomic E-state index is 13.9. The third kappa shape index (κ3) is 7.29. The van der Waals surface area contributed by atoms with Crippen LogP contribution in [0.3, 0.4) is 0 Å². The average molecular weight is 528 g/mol. The summed E-state index contributed by atoms with van der Waals surface area (Å²) >= 11 is 0. The summed E-state index contributed by atoms with van der Waals surface area (Å²) in [5.41, 5.74) is 5.49. The van der Waals surface area contributed by atoms with E-state index >= 15 is 0 Å². The summed E-state index contributed by atoms with van der Waals surface area (Å²) in [6.07, 6.45) is 7.74. The van der Waals surface area contributed by atoms with Gasteiger partial charge in [-0.15, -0.1) is 0 Å². The number of carbonyl (C=O) groups excluding carboxylic acids is 2. The quantitative estimate of drug-likeness (QED) is 0.176. The van der Waals surface area contributed by atoms with E-state index in [2.05, 4.69) is 50.2 Å². The highest BCUT2D eigenvalue weighted by atomic mass is 16.7. The molecule has 0 saturated carbocycles. The van der Waals surface area contributed by atoms with Gasteiger partial charge in [0.1, 0.15) is 11.3 Å². The monoisotopic (exact) mass is 527 g/mol. The molecule has 39 heavy (non-hydrogen) atoms. The first-order valence-electron chi connectivity index (χ1n) is 14.3. The number of hydrogen-bond acceptors (Lipinski definition) is 4. The Morgan fingerprint density at radius 2 is 1.56 bits per heavy atom. The van der Waals surface area contributed by atoms with Crippen LogP contribution in [-0.2, 0) is 17.7 Å². The van der Waals surface area contributed by atoms with Crippen LogP contribution in [0, 0.1) is 0 Å². The molecule has 0 unspecified atom stereocenters. The predicted octanol–water partition coefficient (Wildman–Crippen LogP) is 8.20. The molecule has 0 aromatic heterocycles. The Balaban J connectivity index is 1.60. The summed E-state index contributed by atoms with van der Waals surface area (Å²) < 4.78 is 11.2. The van der Waals surface area contributed by atoms with Crippen LogP contribution in [0.1, 0.15) is 98.1 Å². The largest absolute Gasteiger partial charge is 0.452 e. The van der Waals surface area contributed by atoms with Crippen molar-refractivity contribution in [3.05, 3.63) is 89.0 Å². The standard InChI is InChI=1S/C34H41NO4/c1-5-7-9-12-22-35(32(36)27-20-21-31-30(23-27)33(37)39-34(3,4)38-31)24-28-14-10-11-15-29(28)26-18-16-25(17-19-26)13-8-6-2/h10-11,14-21,23H,5-9,12-13,22,24H2,1-4H3. The topological polar surface area (TPSA) is 55.8 Å². The highest BCUT2D eigenvalue weighted by molar-refractivity contribution is 6.00. The van der Waals surface area contributed by atoms with Crippen LogP contribution in [0.25, 0.3) is 11.1 Å². The number of unbranched alkanes of at least 4 members (excludes halogenated alkanes) is 4. The molecule has 4 rings (SSSR count). The number of benzene rings is 3. The molecule has 3 aromatic carbocycles. The number of ether oxygens (including phenoxy) is 2. The Hall–Kier alpha value is -3.60. The zero-order valence-electron chi connectivity index (χ0n) is 23.8. The van der Waals surface area contributed by atoms with Gasteiger partial charge in [0.25, 0.3) is 5.91 Å². The van der Waals surface area contributed by atoms with Crippen LogP contribution >= 0.6 is 0 Å². The number of aryl methyl sites for hydroxylation is 1. The minimum Gasteiger partial charge on any atom is -0.452 e. The SMILES string of the molecule is CCCCCCN(Cc1ccccc1-c1ccc(CCCC)cc1)C(=O)c1ccc2c(c1)C(=O)OC(C)(C)O2. The molecule has 3 aromatic rings. The highest BCUT2D eigenvalue weighted by Gasteiger charge is 2.34. The minimum atomic E-state index is -1.03. The maximum atomic E-state index is 13.9. The molecule has 5 heteroatoms. The molecular weight excluding hydrogens is 486 g/mol. The number of rotatable bonds is 12. The lowest BCUT2D eigenvalue weighted by atomic mass is 9.97. The number of esters is 1. The van der Waals surface area contributed by atoms with Gasteiger partial charge < -0.3 is 14.4 Å². The van der Waals surface area contributed by atoms with Crippen LogP contribution in [0.5, 0.6) is 5.75 Å². The van der Waals surface area contributed by atoms with Gasteiger partial charge >= 0.3 is 5.97 Å². The van der Waals surface area contributed by atoms with E-state index in [-0.39, 0.29) is 11.5 Å². The first kappa shape index (κ1) is 28.4. The first-order valence-corrected chi connectivity index (χ1v) is 14.3. The number of fused-ring (bicyclic) bond motifs is 1. The fraction of sp³-hybridized carbons (Fsp3) is 0.412. The average Bonchev–Trinajstić information content (AvgIpc) is 2.93. The van der Waals surface area contributed by atoms with E-state index in [0.717, 1.165) is 48.8 Å². The third-order valence-corrected chi connectivity index (χ3v) is 7.17. The molecule has 0 spiro atoms. The summed E-state index contributed by atoms with van der Waals surface area (Å²) in [6.45, 7) is 8.92. The molecule has 0 aliphatic carbocycles. The van der Waals surface area contributed by atoms with E-state index in [1.807, 2.05) is 17.0 Å². The first-order chi connectivity index (χ1) is 18.8. The zero-order valence-corrected chi connectivity index (χ0v) is 23.8. The normalized spacial score (nSPS) is 13.8. The lowest BCUT2D eigenvalue weighted by Crippen LogP contribution is -2.39. The van der Waals surface area contributed by atoms with Gasteiger partial charge in [0.05, 0.1) is 0 Å². The van der Waals surface area contributed by atoms with Gasteiger partial charge in [-0.05, 0) is 59.7 Å². The van der Waals surface area contributed by atoms with Gasteiger partial charge in [0.2, 0.25) is 5.79 Å². The van der Waals surface area contributed by atoms with Gasteiger partial charge in [-0.3, -0.25) is 4.79 Å². The van der Waals surface area contributed by atoms with Crippen molar-refractivity contribution in [2.24, 2.45) is 0 Å².